The van der Waals surface area contributed by atoms with Crippen molar-refractivity contribution in [2.24, 2.45) is 5.92 Å². The van der Waals surface area contributed by atoms with E-state index in [1.807, 2.05) is 48.5 Å². The van der Waals surface area contributed by atoms with Crippen LogP contribution in [0.4, 0.5) is 0 Å². The highest BCUT2D eigenvalue weighted by Crippen LogP contribution is 2.50. The lowest BCUT2D eigenvalue weighted by Gasteiger charge is -2.49. The van der Waals surface area contributed by atoms with Crippen LogP contribution < -0.4 is 4.74 Å². The number of imide groups is 1. The number of hydrogen-bond acceptors (Lipinski definition) is 3. The number of fused-ring (bicyclic) bond motifs is 1. The summed E-state index contributed by atoms with van der Waals surface area (Å²) in [6.07, 6.45) is 4.95. The molecule has 4 heteroatoms. The highest BCUT2D eigenvalue weighted by atomic mass is 16.5. The quantitative estimate of drug-likeness (QED) is 0.736. The molecular weight excluding hydrogens is 350 g/mol. The monoisotopic (exact) mass is 377 g/mol. The highest BCUT2D eigenvalue weighted by molar-refractivity contribution is 6.01. The van der Waals surface area contributed by atoms with Crippen molar-refractivity contribution in [1.82, 2.24) is 4.90 Å². The Morgan fingerprint density at radius 2 is 1.89 bits per heavy atom. The number of rotatable bonds is 5. The van der Waals surface area contributed by atoms with E-state index < -0.39 is 0 Å². The molecule has 0 N–H and O–H groups in total. The summed E-state index contributed by atoms with van der Waals surface area (Å²) in [4.78, 5) is 28.0. The summed E-state index contributed by atoms with van der Waals surface area (Å²) in [5, 5.41) is 0. The number of hydrogen-bond donors (Lipinski definition) is 0. The van der Waals surface area contributed by atoms with E-state index in [2.05, 4.69) is 6.07 Å². The molecule has 2 amide bonds. The number of benzene rings is 2. The first-order chi connectivity index (χ1) is 13.6. The Balaban J connectivity index is 1.61. The lowest BCUT2D eigenvalue weighted by atomic mass is 9.58. The van der Waals surface area contributed by atoms with Crippen molar-refractivity contribution in [3.63, 3.8) is 0 Å². The maximum absolute atomic E-state index is 13.4. The second kappa shape index (κ2) is 7.78. The first-order valence-corrected chi connectivity index (χ1v) is 10.2. The SMILES string of the molecule is COc1cccc(C23CCCCC2C(=O)N(CCc2ccccc2)C(=O)C3)c1. The van der Waals surface area contributed by atoms with E-state index in [-0.39, 0.29) is 23.1 Å². The molecule has 0 radical (unpaired) electrons. The summed E-state index contributed by atoms with van der Waals surface area (Å²) in [7, 11) is 1.65. The number of amides is 2. The van der Waals surface area contributed by atoms with Gasteiger partial charge in [0.2, 0.25) is 11.8 Å². The molecule has 1 saturated carbocycles. The van der Waals surface area contributed by atoms with Crippen LogP contribution in [0.2, 0.25) is 0 Å². The maximum Gasteiger partial charge on any atom is 0.233 e. The van der Waals surface area contributed by atoms with Crippen molar-refractivity contribution in [2.75, 3.05) is 13.7 Å². The third-order valence-electron chi connectivity index (χ3n) is 6.48. The first-order valence-electron chi connectivity index (χ1n) is 10.2. The van der Waals surface area contributed by atoms with E-state index in [0.717, 1.165) is 42.6 Å². The summed E-state index contributed by atoms with van der Waals surface area (Å²) < 4.78 is 5.40. The summed E-state index contributed by atoms with van der Waals surface area (Å²) in [5.74, 6) is 0.626. The molecule has 2 aromatic carbocycles. The van der Waals surface area contributed by atoms with Crippen molar-refractivity contribution in [2.45, 2.75) is 43.9 Å². The van der Waals surface area contributed by atoms with Gasteiger partial charge in [0.05, 0.1) is 7.11 Å². The number of carbonyl (C=O) groups excluding carboxylic acids is 2. The van der Waals surface area contributed by atoms with Gasteiger partial charge < -0.3 is 4.74 Å². The highest BCUT2D eigenvalue weighted by Gasteiger charge is 2.53. The summed E-state index contributed by atoms with van der Waals surface area (Å²) in [5.41, 5.74) is 1.84. The smallest absolute Gasteiger partial charge is 0.233 e. The molecule has 2 atom stereocenters. The van der Waals surface area contributed by atoms with Crippen LogP contribution >= 0.6 is 0 Å². The second-order valence-corrected chi connectivity index (χ2v) is 7.98. The van der Waals surface area contributed by atoms with Crippen molar-refractivity contribution in [3.8, 4) is 5.75 Å². The molecule has 1 aliphatic heterocycles. The Kier molecular flexibility index (Phi) is 5.21. The molecule has 4 nitrogen and oxygen atoms in total. The van der Waals surface area contributed by atoms with Crippen molar-refractivity contribution >= 4 is 11.8 Å². The van der Waals surface area contributed by atoms with Gasteiger partial charge in [-0.1, -0.05) is 55.3 Å². The summed E-state index contributed by atoms with van der Waals surface area (Å²) in [6, 6.07) is 18.0. The molecule has 2 aliphatic rings. The van der Waals surface area contributed by atoms with Gasteiger partial charge in [0.25, 0.3) is 0 Å². The zero-order chi connectivity index (χ0) is 19.6. The van der Waals surface area contributed by atoms with Crippen LogP contribution in [0.15, 0.2) is 54.6 Å². The topological polar surface area (TPSA) is 46.6 Å². The van der Waals surface area contributed by atoms with Crippen molar-refractivity contribution in [3.05, 3.63) is 65.7 Å². The molecule has 2 unspecified atom stereocenters. The van der Waals surface area contributed by atoms with Crippen molar-refractivity contribution < 1.29 is 14.3 Å². The molecule has 1 aliphatic carbocycles. The average Bonchev–Trinajstić information content (AvgIpc) is 2.74. The van der Waals surface area contributed by atoms with Crippen LogP contribution in [-0.2, 0) is 21.4 Å². The zero-order valence-electron chi connectivity index (χ0n) is 16.4. The first kappa shape index (κ1) is 18.7. The van der Waals surface area contributed by atoms with Gasteiger partial charge in [-0.3, -0.25) is 14.5 Å². The van der Waals surface area contributed by atoms with Gasteiger partial charge >= 0.3 is 0 Å². The molecule has 4 rings (SSSR count). The van der Waals surface area contributed by atoms with Gasteiger partial charge in [-0.2, -0.15) is 0 Å². The number of carbonyl (C=O) groups is 2. The Hall–Kier alpha value is -2.62. The largest absolute Gasteiger partial charge is 0.497 e. The van der Waals surface area contributed by atoms with Gasteiger partial charge in [0, 0.05) is 24.3 Å². The van der Waals surface area contributed by atoms with Gasteiger partial charge in [-0.25, -0.2) is 0 Å². The number of methoxy groups -OCH3 is 1. The molecule has 1 saturated heterocycles. The van der Waals surface area contributed by atoms with Crippen LogP contribution in [0.5, 0.6) is 5.75 Å². The fraction of sp³-hybridized carbons (Fsp3) is 0.417. The van der Waals surface area contributed by atoms with Gasteiger partial charge in [0.15, 0.2) is 0 Å². The van der Waals surface area contributed by atoms with Crippen LogP contribution in [0.3, 0.4) is 0 Å². The molecule has 28 heavy (non-hydrogen) atoms. The lowest BCUT2D eigenvalue weighted by Crippen LogP contribution is -2.57. The van der Waals surface area contributed by atoms with Gasteiger partial charge in [0.1, 0.15) is 5.75 Å². The third kappa shape index (κ3) is 3.32. The fourth-order valence-corrected chi connectivity index (χ4v) is 4.99. The second-order valence-electron chi connectivity index (χ2n) is 7.98. The van der Waals surface area contributed by atoms with Gasteiger partial charge in [-0.15, -0.1) is 0 Å². The molecule has 2 aromatic rings. The lowest BCUT2D eigenvalue weighted by molar-refractivity contribution is -0.157. The minimum absolute atomic E-state index is 0.00898. The molecule has 146 valence electrons. The fourth-order valence-electron chi connectivity index (χ4n) is 4.99. The maximum atomic E-state index is 13.4. The Bertz CT molecular complexity index is 863. The van der Waals surface area contributed by atoms with Crippen LogP contribution in [0.1, 0.15) is 43.2 Å². The van der Waals surface area contributed by atoms with Crippen LogP contribution in [0, 0.1) is 5.92 Å². The van der Waals surface area contributed by atoms with Gasteiger partial charge in [-0.05, 0) is 42.5 Å². The Morgan fingerprint density at radius 3 is 2.68 bits per heavy atom. The minimum atomic E-state index is -0.385. The normalized spacial score (nSPS) is 24.8. The molecule has 2 fully saturated rings. The molecule has 0 aromatic heterocycles. The van der Waals surface area contributed by atoms with Crippen LogP contribution in [-0.4, -0.2) is 30.4 Å². The van der Waals surface area contributed by atoms with E-state index in [1.54, 1.807) is 7.11 Å². The average molecular weight is 377 g/mol. The predicted molar refractivity (Wildman–Crippen MR) is 108 cm³/mol. The van der Waals surface area contributed by atoms with E-state index in [9.17, 15) is 9.59 Å². The number of nitrogens with zero attached hydrogens (tertiary/aromatic N) is 1. The van der Waals surface area contributed by atoms with E-state index in [1.165, 1.54) is 4.90 Å². The number of likely N-dealkylation sites (tertiary alicyclic amines) is 1. The number of piperidine rings is 1. The minimum Gasteiger partial charge on any atom is -0.497 e. The Morgan fingerprint density at radius 1 is 1.07 bits per heavy atom. The van der Waals surface area contributed by atoms with E-state index in [0.29, 0.717) is 19.4 Å². The molecule has 1 heterocycles. The standard InChI is InChI=1S/C24H27NO3/c1-28-20-11-7-10-19(16-20)24-14-6-5-12-21(24)23(27)25(22(26)17-24)15-13-18-8-3-2-4-9-18/h2-4,7-11,16,21H,5-6,12-15,17H2,1H3. The third-order valence-corrected chi connectivity index (χ3v) is 6.48. The summed E-state index contributed by atoms with van der Waals surface area (Å²) in [6.45, 7) is 0.465. The van der Waals surface area contributed by atoms with E-state index >= 15 is 0 Å². The van der Waals surface area contributed by atoms with Crippen molar-refractivity contribution in [1.29, 1.82) is 0 Å². The van der Waals surface area contributed by atoms with E-state index in [4.69, 9.17) is 4.74 Å². The Labute approximate surface area is 166 Å². The van der Waals surface area contributed by atoms with Crippen LogP contribution in [0.25, 0.3) is 0 Å². The summed E-state index contributed by atoms with van der Waals surface area (Å²) >= 11 is 0. The number of ether oxygens (including phenoxy) is 1. The zero-order valence-corrected chi connectivity index (χ0v) is 16.4. The molecular formula is C24H27NO3. The molecule has 0 spiro atoms. The predicted octanol–water partition coefficient (Wildman–Crippen LogP) is 4.12. The molecule has 0 bridgehead atoms.